The van der Waals surface area contributed by atoms with Gasteiger partial charge in [0.05, 0.1) is 23.3 Å². The quantitative estimate of drug-likeness (QED) is 0.179. The summed E-state index contributed by atoms with van der Waals surface area (Å²) in [6, 6.07) is 56.5. The molecule has 0 saturated heterocycles. The average Bonchev–Trinajstić information content (AvgIpc) is 3.57. The molecule has 2 atom stereocenters. The molecule has 0 amide bonds. The summed E-state index contributed by atoms with van der Waals surface area (Å²) < 4.78 is 2.41. The zero-order chi connectivity index (χ0) is 38.2. The van der Waals surface area contributed by atoms with Crippen LogP contribution in [0.1, 0.15) is 84.0 Å². The van der Waals surface area contributed by atoms with E-state index in [1.165, 1.54) is 32.9 Å². The van der Waals surface area contributed by atoms with Crippen molar-refractivity contribution in [3.63, 3.8) is 0 Å². The Morgan fingerprint density at radius 3 is 1.78 bits per heavy atom. The van der Waals surface area contributed by atoms with Crippen LogP contribution >= 0.6 is 0 Å². The third kappa shape index (κ3) is 5.81. The molecule has 1 aliphatic carbocycles. The third-order valence-electron chi connectivity index (χ3n) is 11.4. The molecular weight excluding hydrogens is 667 g/mol. The lowest BCUT2D eigenvalue weighted by Crippen LogP contribution is -2.22. The van der Waals surface area contributed by atoms with Crippen LogP contribution < -0.4 is 0 Å². The summed E-state index contributed by atoms with van der Waals surface area (Å²) in [7, 11) is 0. The maximum absolute atomic E-state index is 10.9. The number of benzene rings is 7. The number of rotatable bonds is 5. The van der Waals surface area contributed by atoms with E-state index in [2.05, 4.69) is 135 Å². The van der Waals surface area contributed by atoms with Gasteiger partial charge >= 0.3 is 0 Å². The maximum atomic E-state index is 10.9. The van der Waals surface area contributed by atoms with E-state index in [0.717, 1.165) is 62.2 Å². The van der Waals surface area contributed by atoms with E-state index in [4.69, 9.17) is 0 Å². The van der Waals surface area contributed by atoms with Gasteiger partial charge in [0, 0.05) is 40.2 Å². The van der Waals surface area contributed by atoms with Crippen LogP contribution in [0.25, 0.3) is 55.2 Å². The Kier molecular flexibility index (Phi) is 9.40. The molecule has 3 nitrogen and oxygen atoms in total. The summed E-state index contributed by atoms with van der Waals surface area (Å²) in [5, 5.41) is 24.2. The van der Waals surface area contributed by atoms with E-state index in [9.17, 15) is 10.5 Å². The summed E-state index contributed by atoms with van der Waals surface area (Å²) >= 11 is 0. The van der Waals surface area contributed by atoms with Gasteiger partial charge in [0.25, 0.3) is 0 Å². The molecule has 3 heteroatoms. The van der Waals surface area contributed by atoms with Gasteiger partial charge in [-0.1, -0.05) is 142 Å². The van der Waals surface area contributed by atoms with E-state index in [0.29, 0.717) is 11.1 Å². The number of aromatic nitrogens is 1. The van der Waals surface area contributed by atoms with Gasteiger partial charge in [0.2, 0.25) is 0 Å². The second-order valence-electron chi connectivity index (χ2n) is 14.2. The minimum atomic E-state index is -0.305. The van der Waals surface area contributed by atoms with Crippen LogP contribution in [0.4, 0.5) is 0 Å². The molecule has 55 heavy (non-hydrogen) atoms. The molecule has 1 aliphatic rings. The lowest BCUT2D eigenvalue weighted by Gasteiger charge is -2.37. The number of nitrogens with zero attached hydrogens (tertiary/aromatic N) is 3. The highest BCUT2D eigenvalue weighted by Gasteiger charge is 2.37. The molecule has 2 unspecified atom stereocenters. The molecular formula is C52H43N3. The van der Waals surface area contributed by atoms with Crippen LogP contribution in [0, 0.1) is 29.6 Å². The molecule has 1 heterocycles. The minimum Gasteiger partial charge on any atom is -0.341 e. The topological polar surface area (TPSA) is 52.5 Å². The average molecular weight is 710 g/mol. The molecule has 0 spiro atoms. The summed E-state index contributed by atoms with van der Waals surface area (Å²) in [4.78, 5) is 0. The van der Waals surface area contributed by atoms with E-state index < -0.39 is 0 Å². The number of para-hydroxylation sites is 1. The summed E-state index contributed by atoms with van der Waals surface area (Å²) in [5.41, 5.74) is 16.8. The molecule has 0 bridgehead atoms. The fourth-order valence-corrected chi connectivity index (χ4v) is 9.06. The van der Waals surface area contributed by atoms with Crippen molar-refractivity contribution in [2.75, 3.05) is 0 Å². The van der Waals surface area contributed by atoms with Crippen molar-refractivity contribution in [3.05, 3.63) is 190 Å². The smallest absolute Gasteiger partial charge is 0.0995 e. The van der Waals surface area contributed by atoms with Gasteiger partial charge in [-0.15, -0.1) is 0 Å². The van der Waals surface area contributed by atoms with Crippen molar-refractivity contribution in [3.8, 4) is 45.5 Å². The standard InChI is InChI=1S/C50H37N3.C2H6/c1-4-53-45-21-12-11-18-41(45)42-23-22-35(28-46(42)53)40-19-13-20-43-48(40)32(3)44-27-37(34-16-9-6-10-17-34)26-39(30-52)49(44)50(43)47-31(2)24-36(25-38(47)29-51)33-14-7-5-8-15-33;1-2/h5-28,32,50H,4H2,1-3H3;1-2H3. The summed E-state index contributed by atoms with van der Waals surface area (Å²) in [6.07, 6.45) is 0. The highest BCUT2D eigenvalue weighted by atomic mass is 15.0. The molecule has 0 fully saturated rings. The second kappa shape index (κ2) is 14.6. The first-order chi connectivity index (χ1) is 27.0. The van der Waals surface area contributed by atoms with Crippen molar-refractivity contribution in [2.45, 2.75) is 53.0 Å². The number of hydrogen-bond acceptors (Lipinski definition) is 2. The molecule has 0 radical (unpaired) electrons. The van der Waals surface area contributed by atoms with Crippen LogP contribution in [0.3, 0.4) is 0 Å². The first-order valence-corrected chi connectivity index (χ1v) is 19.4. The van der Waals surface area contributed by atoms with Crippen LogP contribution in [-0.2, 0) is 6.54 Å². The van der Waals surface area contributed by atoms with Gasteiger partial charge in [-0.25, -0.2) is 0 Å². The molecule has 8 aromatic rings. The lowest BCUT2D eigenvalue weighted by atomic mass is 9.66. The predicted molar refractivity (Wildman–Crippen MR) is 228 cm³/mol. The first-order valence-electron chi connectivity index (χ1n) is 19.4. The predicted octanol–water partition coefficient (Wildman–Crippen LogP) is 13.5. The van der Waals surface area contributed by atoms with Crippen molar-refractivity contribution in [1.82, 2.24) is 4.57 Å². The molecule has 0 N–H and O–H groups in total. The molecule has 9 rings (SSSR count). The zero-order valence-corrected chi connectivity index (χ0v) is 32.1. The Labute approximate surface area is 324 Å². The highest BCUT2D eigenvalue weighted by molar-refractivity contribution is 6.09. The summed E-state index contributed by atoms with van der Waals surface area (Å²) in [6.45, 7) is 11.5. The van der Waals surface area contributed by atoms with Gasteiger partial charge < -0.3 is 4.57 Å². The van der Waals surface area contributed by atoms with E-state index >= 15 is 0 Å². The number of aryl methyl sites for hydroxylation is 2. The van der Waals surface area contributed by atoms with Gasteiger partial charge in [-0.05, 0) is 105 Å². The normalized spacial score (nSPS) is 14.3. The van der Waals surface area contributed by atoms with E-state index in [-0.39, 0.29) is 11.8 Å². The Bertz CT molecular complexity index is 2810. The fraction of sp³-hybridized carbons (Fsp3) is 0.154. The third-order valence-corrected chi connectivity index (χ3v) is 11.4. The lowest BCUT2D eigenvalue weighted by molar-refractivity contribution is 0.790. The zero-order valence-electron chi connectivity index (χ0n) is 32.1. The van der Waals surface area contributed by atoms with Crippen LogP contribution in [-0.4, -0.2) is 4.57 Å². The van der Waals surface area contributed by atoms with Gasteiger partial charge in [-0.3, -0.25) is 0 Å². The Balaban J connectivity index is 0.00000210. The molecule has 0 aliphatic heterocycles. The Morgan fingerprint density at radius 1 is 0.527 bits per heavy atom. The van der Waals surface area contributed by atoms with Crippen LogP contribution in [0.2, 0.25) is 0 Å². The largest absolute Gasteiger partial charge is 0.341 e. The number of hydrogen-bond donors (Lipinski definition) is 0. The van der Waals surface area contributed by atoms with Crippen LogP contribution in [0.5, 0.6) is 0 Å². The first kappa shape index (κ1) is 35.4. The van der Waals surface area contributed by atoms with E-state index in [1.807, 2.05) is 62.4 Å². The number of nitriles is 2. The highest BCUT2D eigenvalue weighted by Crippen LogP contribution is 2.53. The Morgan fingerprint density at radius 2 is 1.13 bits per heavy atom. The van der Waals surface area contributed by atoms with Crippen molar-refractivity contribution < 1.29 is 0 Å². The molecule has 1 aromatic heterocycles. The van der Waals surface area contributed by atoms with Gasteiger partial charge in [0.15, 0.2) is 0 Å². The molecule has 266 valence electrons. The summed E-state index contributed by atoms with van der Waals surface area (Å²) in [5.74, 6) is -0.314. The Hall–Kier alpha value is -6.68. The van der Waals surface area contributed by atoms with E-state index in [1.54, 1.807) is 0 Å². The van der Waals surface area contributed by atoms with Gasteiger partial charge in [-0.2, -0.15) is 10.5 Å². The van der Waals surface area contributed by atoms with Crippen LogP contribution in [0.15, 0.2) is 146 Å². The van der Waals surface area contributed by atoms with Crippen molar-refractivity contribution in [1.29, 1.82) is 10.5 Å². The number of fused-ring (bicyclic) bond motifs is 5. The maximum Gasteiger partial charge on any atom is 0.0995 e. The molecule has 7 aromatic carbocycles. The second-order valence-corrected chi connectivity index (χ2v) is 14.2. The minimum absolute atomic E-state index is 0.00891. The monoisotopic (exact) mass is 709 g/mol. The van der Waals surface area contributed by atoms with Crippen molar-refractivity contribution in [2.24, 2.45) is 0 Å². The molecule has 0 saturated carbocycles. The fourth-order valence-electron chi connectivity index (χ4n) is 9.06. The SMILES string of the molecule is CC.CCn1c2ccccc2c2ccc(-c3cccc4c3C(C)c3cc(-c5ccccc5)cc(C#N)c3C4c3c(C)cc(-c4ccccc4)cc3C#N)cc21. The van der Waals surface area contributed by atoms with Crippen molar-refractivity contribution >= 4 is 21.8 Å². The van der Waals surface area contributed by atoms with Gasteiger partial charge in [0.1, 0.15) is 0 Å².